The van der Waals surface area contributed by atoms with Crippen molar-refractivity contribution in [3.05, 3.63) is 59.1 Å². The second kappa shape index (κ2) is 10.2. The second-order valence-electron chi connectivity index (χ2n) is 7.17. The van der Waals surface area contributed by atoms with E-state index in [1.165, 1.54) is 17.3 Å². The van der Waals surface area contributed by atoms with E-state index < -0.39 is 0 Å². The van der Waals surface area contributed by atoms with Gasteiger partial charge in [-0.2, -0.15) is 0 Å². The van der Waals surface area contributed by atoms with Crippen molar-refractivity contribution < 1.29 is 13.9 Å². The molecule has 0 saturated carbocycles. The lowest BCUT2D eigenvalue weighted by Crippen LogP contribution is -2.48. The highest BCUT2D eigenvalue weighted by molar-refractivity contribution is 7.99. The lowest BCUT2D eigenvalue weighted by atomic mass is 10.2. The van der Waals surface area contributed by atoms with Gasteiger partial charge in [-0.3, -0.25) is 9.69 Å². The Labute approximate surface area is 190 Å². The van der Waals surface area contributed by atoms with E-state index >= 15 is 0 Å². The van der Waals surface area contributed by atoms with Crippen LogP contribution in [0, 0.1) is 0 Å². The Balaban J connectivity index is 1.23. The average molecular weight is 459 g/mol. The van der Waals surface area contributed by atoms with Crippen molar-refractivity contribution in [1.29, 1.82) is 0 Å². The van der Waals surface area contributed by atoms with Gasteiger partial charge in [0.2, 0.25) is 11.8 Å². The number of nitrogens with zero attached hydrogens (tertiary/aromatic N) is 4. The standard InChI is InChI=1S/C22H23ClN4O3S/c1-29-19-8-4-17(5-9-19)21-24-25-22(30-21)31-15-20(28)27-12-10-26(11-13-27)14-16-2-6-18(23)7-3-16/h2-9H,10-15H2,1H3. The molecule has 7 nitrogen and oxygen atoms in total. The number of halogens is 1. The number of methoxy groups -OCH3 is 1. The molecule has 162 valence electrons. The molecule has 0 radical (unpaired) electrons. The van der Waals surface area contributed by atoms with Gasteiger partial charge in [-0.25, -0.2) is 0 Å². The molecule has 1 fully saturated rings. The number of piperazine rings is 1. The third-order valence-corrected chi connectivity index (χ3v) is 6.16. The number of rotatable bonds is 7. The van der Waals surface area contributed by atoms with Crippen LogP contribution in [0.2, 0.25) is 5.02 Å². The number of amides is 1. The van der Waals surface area contributed by atoms with Gasteiger partial charge in [-0.15, -0.1) is 10.2 Å². The zero-order valence-corrected chi connectivity index (χ0v) is 18.7. The summed E-state index contributed by atoms with van der Waals surface area (Å²) in [6.07, 6.45) is 0. The van der Waals surface area contributed by atoms with Crippen molar-refractivity contribution in [1.82, 2.24) is 20.0 Å². The zero-order valence-electron chi connectivity index (χ0n) is 17.2. The smallest absolute Gasteiger partial charge is 0.277 e. The van der Waals surface area contributed by atoms with Crippen LogP contribution < -0.4 is 4.74 Å². The maximum Gasteiger partial charge on any atom is 0.277 e. The molecule has 0 spiro atoms. The second-order valence-corrected chi connectivity index (χ2v) is 8.54. The van der Waals surface area contributed by atoms with Gasteiger partial charge in [-0.05, 0) is 42.0 Å². The highest BCUT2D eigenvalue weighted by atomic mass is 35.5. The first-order valence-corrected chi connectivity index (χ1v) is 11.3. The fourth-order valence-electron chi connectivity index (χ4n) is 3.34. The molecule has 9 heteroatoms. The molecule has 0 unspecified atom stereocenters. The zero-order chi connectivity index (χ0) is 21.6. The summed E-state index contributed by atoms with van der Waals surface area (Å²) >= 11 is 7.21. The molecule has 1 aromatic heterocycles. The summed E-state index contributed by atoms with van der Waals surface area (Å²) in [4.78, 5) is 16.8. The topological polar surface area (TPSA) is 71.7 Å². The minimum absolute atomic E-state index is 0.0836. The van der Waals surface area contributed by atoms with Crippen molar-refractivity contribution >= 4 is 29.3 Å². The van der Waals surface area contributed by atoms with Gasteiger partial charge < -0.3 is 14.1 Å². The maximum absolute atomic E-state index is 12.6. The minimum atomic E-state index is 0.0836. The number of hydrogen-bond acceptors (Lipinski definition) is 7. The number of carbonyl (C=O) groups is 1. The Kier molecular flexibility index (Phi) is 7.11. The molecule has 3 aromatic rings. The van der Waals surface area contributed by atoms with Crippen LogP contribution >= 0.6 is 23.4 Å². The van der Waals surface area contributed by atoms with E-state index in [-0.39, 0.29) is 11.7 Å². The van der Waals surface area contributed by atoms with Gasteiger partial charge in [0.15, 0.2) is 0 Å². The lowest BCUT2D eigenvalue weighted by Gasteiger charge is -2.34. The van der Waals surface area contributed by atoms with E-state index in [1.807, 2.05) is 53.4 Å². The highest BCUT2D eigenvalue weighted by Gasteiger charge is 2.22. The van der Waals surface area contributed by atoms with Gasteiger partial charge in [-0.1, -0.05) is 35.5 Å². The van der Waals surface area contributed by atoms with Crippen molar-refractivity contribution in [2.24, 2.45) is 0 Å². The monoisotopic (exact) mass is 458 g/mol. The minimum Gasteiger partial charge on any atom is -0.497 e. The summed E-state index contributed by atoms with van der Waals surface area (Å²) in [6, 6.07) is 15.3. The normalized spacial score (nSPS) is 14.6. The first-order valence-electron chi connectivity index (χ1n) is 9.96. The number of benzene rings is 2. The Hall–Kier alpha value is -2.55. The molecule has 1 aliphatic heterocycles. The van der Waals surface area contributed by atoms with Gasteiger partial charge >= 0.3 is 0 Å². The summed E-state index contributed by atoms with van der Waals surface area (Å²) in [6.45, 7) is 3.99. The number of aromatic nitrogens is 2. The predicted octanol–water partition coefficient (Wildman–Crippen LogP) is 3.84. The first-order chi connectivity index (χ1) is 15.1. The summed E-state index contributed by atoms with van der Waals surface area (Å²) in [7, 11) is 1.62. The molecule has 0 N–H and O–H groups in total. The number of carbonyl (C=O) groups excluding carboxylic acids is 1. The SMILES string of the molecule is COc1ccc(-c2nnc(SCC(=O)N3CCN(Cc4ccc(Cl)cc4)CC3)o2)cc1. The van der Waals surface area contributed by atoms with Crippen LogP contribution in [0.25, 0.3) is 11.5 Å². The number of thioether (sulfide) groups is 1. The number of hydrogen-bond donors (Lipinski definition) is 0. The molecular formula is C22H23ClN4O3S. The van der Waals surface area contributed by atoms with E-state index in [0.717, 1.165) is 36.0 Å². The quantitative estimate of drug-likeness (QED) is 0.498. The fraction of sp³-hybridized carbons (Fsp3) is 0.318. The van der Waals surface area contributed by atoms with E-state index in [4.69, 9.17) is 20.8 Å². The van der Waals surface area contributed by atoms with Gasteiger partial charge in [0.25, 0.3) is 5.22 Å². The predicted molar refractivity (Wildman–Crippen MR) is 120 cm³/mol. The molecular weight excluding hydrogens is 436 g/mol. The van der Waals surface area contributed by atoms with Crippen molar-refractivity contribution in [3.8, 4) is 17.2 Å². The Bertz CT molecular complexity index is 1000. The maximum atomic E-state index is 12.6. The molecule has 4 rings (SSSR count). The van der Waals surface area contributed by atoms with Crippen LogP contribution in [-0.2, 0) is 11.3 Å². The first kappa shape index (κ1) is 21.7. The largest absolute Gasteiger partial charge is 0.497 e. The van der Waals surface area contributed by atoms with E-state index in [0.29, 0.717) is 24.2 Å². The summed E-state index contributed by atoms with van der Waals surface area (Å²) in [5, 5.41) is 9.25. The van der Waals surface area contributed by atoms with Crippen LogP contribution in [-0.4, -0.2) is 64.9 Å². The molecule has 1 saturated heterocycles. The van der Waals surface area contributed by atoms with Crippen LogP contribution in [0.5, 0.6) is 5.75 Å². The van der Waals surface area contributed by atoms with Crippen LogP contribution in [0.4, 0.5) is 0 Å². The molecule has 0 aliphatic carbocycles. The van der Waals surface area contributed by atoms with Crippen LogP contribution in [0.1, 0.15) is 5.56 Å². The molecule has 31 heavy (non-hydrogen) atoms. The Morgan fingerprint density at radius 1 is 1.06 bits per heavy atom. The fourth-order valence-corrected chi connectivity index (χ4v) is 4.13. The summed E-state index contributed by atoms with van der Waals surface area (Å²) in [5.41, 5.74) is 2.03. The van der Waals surface area contributed by atoms with Gasteiger partial charge in [0.05, 0.1) is 12.9 Å². The molecule has 0 atom stereocenters. The average Bonchev–Trinajstić information content (AvgIpc) is 3.29. The molecule has 0 bridgehead atoms. The lowest BCUT2D eigenvalue weighted by molar-refractivity contribution is -0.130. The summed E-state index contributed by atoms with van der Waals surface area (Å²) < 4.78 is 10.8. The van der Waals surface area contributed by atoms with Crippen LogP contribution in [0.3, 0.4) is 0 Å². The third-order valence-electron chi connectivity index (χ3n) is 5.11. The third kappa shape index (κ3) is 5.78. The van der Waals surface area contributed by atoms with Crippen molar-refractivity contribution in [2.45, 2.75) is 11.8 Å². The Morgan fingerprint density at radius 2 is 1.77 bits per heavy atom. The van der Waals surface area contributed by atoms with Crippen molar-refractivity contribution in [3.63, 3.8) is 0 Å². The number of ether oxygens (including phenoxy) is 1. The van der Waals surface area contributed by atoms with E-state index in [2.05, 4.69) is 15.1 Å². The molecule has 1 amide bonds. The highest BCUT2D eigenvalue weighted by Crippen LogP contribution is 2.25. The molecule has 2 aromatic carbocycles. The molecule has 1 aliphatic rings. The van der Waals surface area contributed by atoms with E-state index in [1.54, 1.807) is 7.11 Å². The molecule has 2 heterocycles. The van der Waals surface area contributed by atoms with Gasteiger partial charge in [0, 0.05) is 43.3 Å². The summed E-state index contributed by atoms with van der Waals surface area (Å²) in [5.74, 6) is 1.55. The van der Waals surface area contributed by atoms with Crippen LogP contribution in [0.15, 0.2) is 58.2 Å². The van der Waals surface area contributed by atoms with Crippen molar-refractivity contribution in [2.75, 3.05) is 39.0 Å². The van der Waals surface area contributed by atoms with E-state index in [9.17, 15) is 4.79 Å². The van der Waals surface area contributed by atoms with Gasteiger partial charge in [0.1, 0.15) is 5.75 Å². The Morgan fingerprint density at radius 3 is 2.45 bits per heavy atom.